The maximum absolute atomic E-state index is 7.56. The molecule has 1 heterocycles. The van der Waals surface area contributed by atoms with E-state index >= 15 is 0 Å². The molecule has 6 nitrogen and oxygen atoms in total. The highest BCUT2D eigenvalue weighted by Crippen LogP contribution is 2.26. The van der Waals surface area contributed by atoms with Gasteiger partial charge in [-0.05, 0) is 11.8 Å². The van der Waals surface area contributed by atoms with Gasteiger partial charge in [0.15, 0.2) is 6.20 Å². The summed E-state index contributed by atoms with van der Waals surface area (Å²) < 4.78 is 1.22. The van der Waals surface area contributed by atoms with Crippen molar-refractivity contribution >= 4 is 31.3 Å². The standard InChI is InChI=1S/C3H3N3S.H3O3PS/c7-6-3-1-2-4-5-6;1-4(2,3)5/h1-3H;(H3,1,2,3,5). The van der Waals surface area contributed by atoms with E-state index in [0.29, 0.717) is 0 Å². The average Bonchev–Trinajstić information content (AvgIpc) is 1.85. The van der Waals surface area contributed by atoms with Crippen molar-refractivity contribution in [2.24, 2.45) is 0 Å². The summed E-state index contributed by atoms with van der Waals surface area (Å²) in [4.78, 5) is 22.7. The van der Waals surface area contributed by atoms with Crippen LogP contribution in [-0.2, 0) is 24.6 Å². The van der Waals surface area contributed by atoms with Gasteiger partial charge in [0.2, 0.25) is 0 Å². The van der Waals surface area contributed by atoms with Crippen molar-refractivity contribution < 1.29 is 18.8 Å². The van der Waals surface area contributed by atoms with Crippen molar-refractivity contribution in [3.8, 4) is 0 Å². The molecule has 0 atom stereocenters. The lowest BCUT2D eigenvalue weighted by Gasteiger charge is -1.88. The molecule has 0 aliphatic heterocycles. The molecule has 0 fully saturated rings. The molecule has 0 aliphatic rings. The molecule has 0 bridgehead atoms. The second kappa shape index (κ2) is 5.41. The van der Waals surface area contributed by atoms with Crippen molar-refractivity contribution in [3.63, 3.8) is 0 Å². The maximum atomic E-state index is 7.56. The van der Waals surface area contributed by atoms with Crippen molar-refractivity contribution in [2.75, 3.05) is 0 Å². The van der Waals surface area contributed by atoms with Crippen LogP contribution in [0.3, 0.4) is 0 Å². The Balaban J connectivity index is 0.000000217. The molecule has 0 spiro atoms. The predicted molar refractivity (Wildman–Crippen MR) is 45.9 cm³/mol. The van der Waals surface area contributed by atoms with Gasteiger partial charge in [-0.2, -0.15) is 0 Å². The van der Waals surface area contributed by atoms with E-state index in [9.17, 15) is 0 Å². The first-order valence-electron chi connectivity index (χ1n) is 2.55. The van der Waals surface area contributed by atoms with E-state index in [-0.39, 0.29) is 0 Å². The van der Waals surface area contributed by atoms with Crippen LogP contribution in [0.1, 0.15) is 0 Å². The molecule has 0 amide bonds. The lowest BCUT2D eigenvalue weighted by Crippen LogP contribution is -2.30. The van der Waals surface area contributed by atoms with Crippen molar-refractivity contribution in [3.05, 3.63) is 18.5 Å². The van der Waals surface area contributed by atoms with E-state index < -0.39 is 6.72 Å². The van der Waals surface area contributed by atoms with E-state index in [1.165, 1.54) is 4.09 Å². The Labute approximate surface area is 79.3 Å². The Morgan fingerprint density at radius 3 is 2.08 bits per heavy atom. The maximum Gasteiger partial charge on any atom is 0.319 e. The highest BCUT2D eigenvalue weighted by molar-refractivity contribution is 8.06. The molecule has 0 radical (unpaired) electrons. The largest absolute Gasteiger partial charge is 0.527 e. The minimum atomic E-state index is -3.81. The first kappa shape index (κ1) is 11.8. The Bertz CT molecular complexity index is 256. The molecule has 0 unspecified atom stereocenters. The predicted octanol–water partition coefficient (Wildman–Crippen LogP) is -1.74. The molecule has 0 aromatic carbocycles. The first-order chi connectivity index (χ1) is 5.39. The van der Waals surface area contributed by atoms with Gasteiger partial charge >= 0.3 is 6.72 Å². The Hall–Kier alpha value is -0.240. The van der Waals surface area contributed by atoms with Gasteiger partial charge in [0, 0.05) is 6.07 Å². The van der Waals surface area contributed by atoms with Crippen LogP contribution in [0, 0.1) is 0 Å². The summed E-state index contributed by atoms with van der Waals surface area (Å²) in [5, 5.41) is 6.95. The second-order valence-corrected chi connectivity index (χ2v) is 4.38. The fourth-order valence-corrected chi connectivity index (χ4v) is 0.374. The quantitative estimate of drug-likeness (QED) is 0.275. The normalized spacial score (nSPS) is 9.92. The highest BCUT2D eigenvalue weighted by Gasteiger charge is 1.92. The molecule has 0 saturated carbocycles. The Kier molecular flexibility index (Phi) is 5.31. The Morgan fingerprint density at radius 2 is 1.92 bits per heavy atom. The number of hydrogen-bond donors (Lipinski definition) is 3. The van der Waals surface area contributed by atoms with Gasteiger partial charge in [-0.15, -0.1) is 0 Å². The zero-order valence-corrected chi connectivity index (χ0v) is 8.21. The number of nitrogens with zero attached hydrogens (tertiary/aromatic N) is 3. The van der Waals surface area contributed by atoms with Crippen LogP contribution in [0.2, 0.25) is 0 Å². The molecule has 1 aromatic rings. The first-order valence-corrected chi connectivity index (χ1v) is 5.57. The van der Waals surface area contributed by atoms with Crippen molar-refractivity contribution in [1.82, 2.24) is 10.3 Å². The minimum Gasteiger partial charge on any atom is -0.527 e. The lowest BCUT2D eigenvalue weighted by molar-refractivity contribution is -0.570. The van der Waals surface area contributed by atoms with Crippen LogP contribution in [0.5, 0.6) is 0 Å². The van der Waals surface area contributed by atoms with Crippen molar-refractivity contribution in [2.45, 2.75) is 0 Å². The zero-order chi connectivity index (χ0) is 9.61. The number of rotatable bonds is 0. The molecular weight excluding hydrogens is 221 g/mol. The highest BCUT2D eigenvalue weighted by atomic mass is 32.5. The molecule has 3 N–H and O–H groups in total. The number of hydrogen-bond acceptors (Lipinski definition) is 4. The van der Waals surface area contributed by atoms with E-state index in [0.717, 1.165) is 0 Å². The van der Waals surface area contributed by atoms with E-state index in [1.54, 1.807) is 18.5 Å². The molecule has 1 aromatic heterocycles. The third-order valence-electron chi connectivity index (χ3n) is 0.506. The van der Waals surface area contributed by atoms with Gasteiger partial charge in [0.05, 0.1) is 11.3 Å². The molecular formula is C3H6N3O3PS2. The molecule has 0 aliphatic carbocycles. The van der Waals surface area contributed by atoms with Crippen LogP contribution in [0.4, 0.5) is 0 Å². The van der Waals surface area contributed by atoms with Crippen LogP contribution < -0.4 is 4.09 Å². The van der Waals surface area contributed by atoms with Gasteiger partial charge in [-0.1, -0.05) is 0 Å². The fraction of sp³-hybridized carbons (Fsp3) is 0. The number of aromatic nitrogens is 3. The van der Waals surface area contributed by atoms with Gasteiger partial charge in [-0.3, -0.25) is 0 Å². The van der Waals surface area contributed by atoms with E-state index in [2.05, 4.69) is 34.9 Å². The third-order valence-corrected chi connectivity index (χ3v) is 0.701. The summed E-state index contributed by atoms with van der Waals surface area (Å²) >= 11 is 8.16. The fourth-order valence-electron chi connectivity index (χ4n) is 0.261. The van der Waals surface area contributed by atoms with Gasteiger partial charge in [0.1, 0.15) is 5.21 Å². The second-order valence-electron chi connectivity index (χ2n) is 1.51. The molecule has 0 saturated heterocycles. The molecule has 9 heteroatoms. The summed E-state index contributed by atoms with van der Waals surface area (Å²) in [6, 6.07) is 1.72. The Morgan fingerprint density at radius 1 is 1.42 bits per heavy atom. The SMILES string of the molecule is OP(O)(O)=S.[S-][n+]1cccnn1. The lowest BCUT2D eigenvalue weighted by atomic mass is 10.7. The van der Waals surface area contributed by atoms with Crippen LogP contribution in [-0.4, -0.2) is 25.0 Å². The average molecular weight is 227 g/mol. The van der Waals surface area contributed by atoms with Crippen molar-refractivity contribution in [1.29, 1.82) is 0 Å². The molecule has 12 heavy (non-hydrogen) atoms. The summed E-state index contributed by atoms with van der Waals surface area (Å²) in [5.41, 5.74) is 0. The summed E-state index contributed by atoms with van der Waals surface area (Å²) in [7, 11) is 0. The third kappa shape index (κ3) is 12.4. The summed E-state index contributed by atoms with van der Waals surface area (Å²) in [6.45, 7) is -3.81. The zero-order valence-electron chi connectivity index (χ0n) is 5.68. The molecule has 1 rings (SSSR count). The van der Waals surface area contributed by atoms with Crippen LogP contribution in [0.15, 0.2) is 18.5 Å². The van der Waals surface area contributed by atoms with E-state index in [1.807, 2.05) is 0 Å². The topological polar surface area (TPSA) is 90.3 Å². The van der Waals surface area contributed by atoms with E-state index in [4.69, 9.17) is 14.7 Å². The summed E-state index contributed by atoms with van der Waals surface area (Å²) in [6.07, 6.45) is 3.21. The smallest absolute Gasteiger partial charge is 0.319 e. The van der Waals surface area contributed by atoms with Crippen LogP contribution in [0.25, 0.3) is 0 Å². The summed E-state index contributed by atoms with van der Waals surface area (Å²) in [5.74, 6) is 0. The van der Waals surface area contributed by atoms with Crippen LogP contribution >= 0.6 is 6.72 Å². The van der Waals surface area contributed by atoms with Gasteiger partial charge in [0.25, 0.3) is 0 Å². The minimum absolute atomic E-state index is 1.22. The molecule has 68 valence electrons. The van der Waals surface area contributed by atoms with Gasteiger partial charge in [-0.25, -0.2) is 4.09 Å². The monoisotopic (exact) mass is 227 g/mol. The van der Waals surface area contributed by atoms with Gasteiger partial charge < -0.3 is 27.5 Å².